The third-order valence-electron chi connectivity index (χ3n) is 8.47. The van der Waals surface area contributed by atoms with E-state index in [0.29, 0.717) is 5.52 Å². The normalized spacial score (nSPS) is 23.1. The first-order valence-corrected chi connectivity index (χ1v) is 19.3. The molecule has 5 aromatic rings. The number of aromatic nitrogens is 8. The topological polar surface area (TPSA) is 365 Å². The lowest BCUT2D eigenvalue weighted by Gasteiger charge is -2.24. The van der Waals surface area contributed by atoms with Crippen LogP contribution in [0.2, 0.25) is 0 Å². The van der Waals surface area contributed by atoms with E-state index in [1.54, 1.807) is 19.1 Å². The van der Waals surface area contributed by atoms with Crippen molar-refractivity contribution in [1.29, 1.82) is 0 Å². The van der Waals surface area contributed by atoms with Crippen molar-refractivity contribution in [2.24, 2.45) is 0 Å². The number of phosphoric acid groups is 2. The molecule has 0 saturated carbocycles. The summed E-state index contributed by atoms with van der Waals surface area (Å²) >= 11 is 4.30. The van der Waals surface area contributed by atoms with Crippen LogP contribution in [0.25, 0.3) is 33.4 Å². The van der Waals surface area contributed by atoms with Gasteiger partial charge >= 0.3 is 27.0 Å². The number of fused-ring (bicyclic) bond motifs is 3. The van der Waals surface area contributed by atoms with Crippen LogP contribution in [0.1, 0.15) is 17.4 Å². The number of nitrogens with two attached hydrogens (primary N) is 1. The molecule has 2 unspecified atom stereocenters. The maximum absolute atomic E-state index is 12.6. The number of thiol groups is 1. The van der Waals surface area contributed by atoms with Gasteiger partial charge in [-0.15, -0.1) is 0 Å². The number of nitrogens with zero attached hydrogens (tertiary/aromatic N) is 6. The van der Waals surface area contributed by atoms with E-state index < -0.39 is 89.5 Å². The van der Waals surface area contributed by atoms with Gasteiger partial charge in [0.2, 0.25) is 5.52 Å². The van der Waals surface area contributed by atoms with Crippen LogP contribution in [0.3, 0.4) is 0 Å². The fourth-order valence-corrected chi connectivity index (χ4v) is 8.15. The highest BCUT2D eigenvalue weighted by Gasteiger charge is 2.46. The number of imidazole rings is 1. The summed E-state index contributed by atoms with van der Waals surface area (Å²) in [5, 5.41) is 53.2. The number of rotatable bonds is 14. The number of aliphatic hydroxyl groups is 5. The number of anilines is 1. The van der Waals surface area contributed by atoms with E-state index in [1.165, 1.54) is 15.5 Å². The minimum atomic E-state index is -5.55. The van der Waals surface area contributed by atoms with Gasteiger partial charge in [-0.1, -0.05) is 0 Å². The average molecular weight is 819 g/mol. The minimum Gasteiger partial charge on any atom is -0.388 e. The summed E-state index contributed by atoms with van der Waals surface area (Å²) in [6.07, 6.45) is -9.94. The average Bonchev–Trinajstić information content (AvgIpc) is 3.66. The number of ether oxygens (including phenoxy) is 1. The molecule has 1 aliphatic heterocycles. The molecule has 0 amide bonds. The van der Waals surface area contributed by atoms with Gasteiger partial charge in [-0.25, -0.2) is 38.4 Å². The minimum absolute atomic E-state index is 0.0287. The molecule has 11 N–H and O–H groups in total. The van der Waals surface area contributed by atoms with Crippen molar-refractivity contribution in [2.45, 2.75) is 62.1 Å². The van der Waals surface area contributed by atoms with Crippen LogP contribution >= 0.6 is 28.3 Å². The van der Waals surface area contributed by atoms with Crippen LogP contribution in [-0.2, 0) is 39.5 Å². The summed E-state index contributed by atoms with van der Waals surface area (Å²) in [6, 6.07) is 3.29. The number of hydrogen-bond donors (Lipinski definition) is 11. The summed E-state index contributed by atoms with van der Waals surface area (Å²) in [5.74, 6) is 0.319. The van der Waals surface area contributed by atoms with E-state index in [1.807, 2.05) is 0 Å². The van der Waals surface area contributed by atoms with Gasteiger partial charge in [-0.2, -0.15) is 21.9 Å². The van der Waals surface area contributed by atoms with Crippen molar-refractivity contribution in [1.82, 2.24) is 34.5 Å². The number of aromatic amines is 2. The van der Waals surface area contributed by atoms with Gasteiger partial charge in [-0.05, 0) is 30.2 Å². The van der Waals surface area contributed by atoms with E-state index in [-0.39, 0.29) is 39.4 Å². The second-order valence-corrected chi connectivity index (χ2v) is 15.5. The van der Waals surface area contributed by atoms with E-state index in [2.05, 4.69) is 51.4 Å². The van der Waals surface area contributed by atoms with Crippen LogP contribution in [0.4, 0.5) is 5.82 Å². The molecular weight excluding hydrogens is 784 g/mol. The van der Waals surface area contributed by atoms with Crippen LogP contribution in [-0.4, -0.2) is 120 Å². The number of nitrogen functional groups attached to an aromatic ring is 1. The highest BCUT2D eigenvalue weighted by atomic mass is 32.1. The fraction of sp³-hybridized carbons (Fsp3) is 0.444. The maximum atomic E-state index is 12.6. The third-order valence-corrected chi connectivity index (χ3v) is 11.4. The van der Waals surface area contributed by atoms with E-state index in [0.717, 1.165) is 17.5 Å². The Morgan fingerprint density at radius 3 is 2.48 bits per heavy atom. The Morgan fingerprint density at radius 1 is 1.04 bits per heavy atom. The number of nitrogens with one attached hydrogen (secondary N) is 2. The van der Waals surface area contributed by atoms with Crippen molar-refractivity contribution >= 4 is 67.5 Å². The zero-order valence-electron chi connectivity index (χ0n) is 27.7. The molecule has 292 valence electrons. The predicted molar refractivity (Wildman–Crippen MR) is 184 cm³/mol. The largest absolute Gasteiger partial charge is 0.481 e. The lowest BCUT2D eigenvalue weighted by Crippen LogP contribution is -2.51. The summed E-state index contributed by atoms with van der Waals surface area (Å²) in [4.78, 5) is 65.6. The molecule has 4 aromatic heterocycles. The van der Waals surface area contributed by atoms with E-state index in [9.17, 15) is 54.0 Å². The lowest BCUT2D eigenvalue weighted by molar-refractivity contribution is -0.657. The molecule has 1 aromatic carbocycles. The quantitative estimate of drug-likeness (QED) is 0.0233. The third kappa shape index (κ3) is 8.10. The number of aliphatic hydroxyl groups excluding tert-OH is 5. The number of benzene rings is 1. The van der Waals surface area contributed by atoms with Crippen molar-refractivity contribution in [3.05, 3.63) is 56.8 Å². The Morgan fingerprint density at radius 2 is 1.76 bits per heavy atom. The summed E-state index contributed by atoms with van der Waals surface area (Å²) in [5.41, 5.74) is 6.08. The molecule has 5 heterocycles. The summed E-state index contributed by atoms with van der Waals surface area (Å²) in [6.45, 7) is -0.980. The molecule has 0 bridgehead atoms. The number of phosphoric ester groups is 2. The van der Waals surface area contributed by atoms with Crippen molar-refractivity contribution < 1.29 is 67.1 Å². The highest BCUT2D eigenvalue weighted by Crippen LogP contribution is 2.60. The second-order valence-electron chi connectivity index (χ2n) is 12.1. The zero-order valence-corrected chi connectivity index (χ0v) is 30.4. The first-order chi connectivity index (χ1) is 25.4. The van der Waals surface area contributed by atoms with Gasteiger partial charge in [0.1, 0.15) is 60.5 Å². The lowest BCUT2D eigenvalue weighted by atomic mass is 10.1. The Labute approximate surface area is 306 Å². The molecule has 0 radical (unpaired) electrons. The Kier molecular flexibility index (Phi) is 11.4. The Balaban J connectivity index is 1.08. The van der Waals surface area contributed by atoms with Crippen molar-refractivity contribution in [3.63, 3.8) is 0 Å². The number of hydrogen-bond acceptors (Lipinski definition) is 19. The van der Waals surface area contributed by atoms with Gasteiger partial charge in [0.05, 0.1) is 19.5 Å². The second kappa shape index (κ2) is 15.4. The molecule has 0 aliphatic carbocycles. The van der Waals surface area contributed by atoms with Crippen LogP contribution in [0.15, 0.2) is 34.4 Å². The molecule has 24 nitrogen and oxygen atoms in total. The number of aryl methyl sites for hydroxylation is 1. The molecule has 1 saturated heterocycles. The van der Waals surface area contributed by atoms with Gasteiger partial charge in [-0.3, -0.25) is 23.4 Å². The maximum Gasteiger partial charge on any atom is 0.481 e. The molecule has 54 heavy (non-hydrogen) atoms. The SMILES string of the molecule is Cc1cc2nc3c(=O)[nH]c(=O)[nH]c3[n+](C[C@@H](O)[C@@H](O)[C@@H](O)COP(=O)(O)OP(=O)(O)OC[C@H]3O[C@@H](n4cnc5c(N)ncnc54)[C@H](O)[C@@H]3O)c2cc1CS. The molecule has 1 fully saturated rings. The van der Waals surface area contributed by atoms with Gasteiger partial charge < -0.3 is 45.8 Å². The summed E-state index contributed by atoms with van der Waals surface area (Å²) < 4.78 is 46.7. The molecule has 9 atom stereocenters. The highest BCUT2D eigenvalue weighted by molar-refractivity contribution is 7.79. The van der Waals surface area contributed by atoms with Crippen LogP contribution in [0, 0.1) is 6.92 Å². The monoisotopic (exact) mass is 818 g/mol. The first-order valence-electron chi connectivity index (χ1n) is 15.6. The van der Waals surface area contributed by atoms with E-state index >= 15 is 0 Å². The van der Waals surface area contributed by atoms with Gasteiger partial charge in [0.15, 0.2) is 23.2 Å². The van der Waals surface area contributed by atoms with Crippen molar-refractivity contribution in [2.75, 3.05) is 18.9 Å². The van der Waals surface area contributed by atoms with Gasteiger partial charge in [0, 0.05) is 5.75 Å². The standard InChI is InChI=1S/C27H33N9O15P2S/c1-10-2-12-13(3-11(10)7-54)35(24-18(32-12)25(42)34-27(43)33-24)4-14(37)19(39)15(38)5-48-52(44,45)51-53(46,47)49-6-16-20(40)21(41)26(50-16)36-9-31-17-22(28)29-8-30-23(17)36/h2-3,8-9,14-16,19-21,26,37-41H,4-7H2,1H3,(H6,28,29,30,34,42,43,44,45,46,47,54)/p+1/t14-,15+,16-,19-,20-,21-,26-/m1/s1. The van der Waals surface area contributed by atoms with Crippen LogP contribution in [0.5, 0.6) is 0 Å². The van der Waals surface area contributed by atoms with Crippen molar-refractivity contribution in [3.8, 4) is 0 Å². The van der Waals surface area contributed by atoms with E-state index in [4.69, 9.17) is 15.0 Å². The molecule has 27 heteroatoms. The van der Waals surface area contributed by atoms with Gasteiger partial charge in [0.25, 0.3) is 5.56 Å². The Hall–Kier alpha value is -3.78. The molecule has 6 rings (SSSR count). The zero-order chi connectivity index (χ0) is 39.3. The molecule has 1 aliphatic rings. The smallest absolute Gasteiger partial charge is 0.388 e. The first kappa shape index (κ1) is 39.9. The molecular formula is C27H34N9O15P2S+. The molecule has 0 spiro atoms. The Bertz CT molecular complexity index is 2430. The van der Waals surface area contributed by atoms with Crippen LogP contribution < -0.4 is 21.5 Å². The predicted octanol–water partition coefficient (Wildman–Crippen LogP) is -2.84. The summed E-state index contributed by atoms with van der Waals surface area (Å²) in [7, 11) is -11.0. The fourth-order valence-electron chi connectivity index (χ4n) is 5.72. The number of H-pyrrole nitrogens is 2.